The van der Waals surface area contributed by atoms with Crippen molar-refractivity contribution in [1.82, 2.24) is 9.36 Å². The van der Waals surface area contributed by atoms with Crippen LogP contribution in [0.4, 0.5) is 5.69 Å². The molecule has 0 bridgehead atoms. The van der Waals surface area contributed by atoms with Crippen LogP contribution in [-0.2, 0) is 18.5 Å². The van der Waals surface area contributed by atoms with Crippen LogP contribution in [-0.4, -0.2) is 9.36 Å². The fraction of sp³-hybridized carbons (Fsp3) is 0.471. The second kappa shape index (κ2) is 5.43. The SMILES string of the molecule is CCn1c(C(C)(C)C)c(N)c(=O)n1Cc1cccc(C)c1. The molecule has 0 unspecified atom stereocenters. The van der Waals surface area contributed by atoms with E-state index in [-0.39, 0.29) is 11.0 Å². The van der Waals surface area contributed by atoms with Crippen LogP contribution < -0.4 is 11.3 Å². The summed E-state index contributed by atoms with van der Waals surface area (Å²) in [6, 6.07) is 8.22. The van der Waals surface area contributed by atoms with Crippen LogP contribution in [0.15, 0.2) is 29.1 Å². The van der Waals surface area contributed by atoms with E-state index in [1.54, 1.807) is 4.68 Å². The Bertz CT molecular complexity index is 702. The van der Waals surface area contributed by atoms with Crippen LogP contribution in [0.25, 0.3) is 0 Å². The number of hydrogen-bond donors (Lipinski definition) is 1. The molecule has 114 valence electrons. The van der Waals surface area contributed by atoms with Gasteiger partial charge in [-0.05, 0) is 19.4 Å². The van der Waals surface area contributed by atoms with E-state index in [9.17, 15) is 4.79 Å². The zero-order valence-electron chi connectivity index (χ0n) is 13.6. The summed E-state index contributed by atoms with van der Waals surface area (Å²) < 4.78 is 3.77. The first kappa shape index (κ1) is 15.4. The molecule has 0 fully saturated rings. The van der Waals surface area contributed by atoms with Gasteiger partial charge in [0.15, 0.2) is 0 Å². The van der Waals surface area contributed by atoms with Gasteiger partial charge >= 0.3 is 0 Å². The van der Waals surface area contributed by atoms with E-state index >= 15 is 0 Å². The van der Waals surface area contributed by atoms with Gasteiger partial charge in [-0.25, -0.2) is 4.68 Å². The first-order chi connectivity index (χ1) is 9.75. The van der Waals surface area contributed by atoms with E-state index in [1.807, 2.05) is 23.7 Å². The van der Waals surface area contributed by atoms with Gasteiger partial charge in [-0.15, -0.1) is 0 Å². The van der Waals surface area contributed by atoms with Crippen molar-refractivity contribution in [2.75, 3.05) is 5.73 Å². The van der Waals surface area contributed by atoms with Gasteiger partial charge in [-0.1, -0.05) is 50.6 Å². The maximum atomic E-state index is 12.5. The predicted octanol–water partition coefficient (Wildman–Crippen LogP) is 2.91. The van der Waals surface area contributed by atoms with Crippen molar-refractivity contribution in [1.29, 1.82) is 0 Å². The summed E-state index contributed by atoms with van der Waals surface area (Å²) in [5, 5.41) is 0. The highest BCUT2D eigenvalue weighted by Gasteiger charge is 2.26. The summed E-state index contributed by atoms with van der Waals surface area (Å²) >= 11 is 0. The lowest BCUT2D eigenvalue weighted by molar-refractivity contribution is 0.428. The van der Waals surface area contributed by atoms with Gasteiger partial charge in [0.25, 0.3) is 5.56 Å². The van der Waals surface area contributed by atoms with Gasteiger partial charge in [0, 0.05) is 12.0 Å². The lowest BCUT2D eigenvalue weighted by Gasteiger charge is -2.23. The Morgan fingerprint density at radius 1 is 1.19 bits per heavy atom. The van der Waals surface area contributed by atoms with Gasteiger partial charge in [0.1, 0.15) is 5.69 Å². The maximum absolute atomic E-state index is 12.5. The molecule has 4 nitrogen and oxygen atoms in total. The molecule has 0 amide bonds. The summed E-state index contributed by atoms with van der Waals surface area (Å²) in [5.74, 6) is 0. The second-order valence-electron chi connectivity index (χ2n) is 6.58. The van der Waals surface area contributed by atoms with Crippen molar-refractivity contribution in [3.8, 4) is 0 Å². The second-order valence-corrected chi connectivity index (χ2v) is 6.58. The van der Waals surface area contributed by atoms with Crippen molar-refractivity contribution in [3.63, 3.8) is 0 Å². The molecule has 0 saturated carbocycles. The molecule has 1 heterocycles. The minimum atomic E-state index is -0.156. The number of benzene rings is 1. The lowest BCUT2D eigenvalue weighted by atomic mass is 9.91. The molecule has 1 aromatic heterocycles. The highest BCUT2D eigenvalue weighted by molar-refractivity contribution is 5.45. The molecule has 0 saturated heterocycles. The number of hydrogen-bond acceptors (Lipinski definition) is 2. The fourth-order valence-electron chi connectivity index (χ4n) is 2.87. The molecule has 2 N–H and O–H groups in total. The summed E-state index contributed by atoms with van der Waals surface area (Å²) in [5.41, 5.74) is 9.45. The molecule has 0 aliphatic carbocycles. The van der Waals surface area contributed by atoms with Gasteiger partial charge in [-0.3, -0.25) is 9.48 Å². The van der Waals surface area contributed by atoms with Crippen LogP contribution in [0, 0.1) is 6.92 Å². The number of nitrogen functional groups attached to an aromatic ring is 1. The average molecular weight is 287 g/mol. The Morgan fingerprint density at radius 2 is 1.86 bits per heavy atom. The number of nitrogens with zero attached hydrogens (tertiary/aromatic N) is 2. The van der Waals surface area contributed by atoms with Gasteiger partial charge in [0.05, 0.1) is 12.2 Å². The van der Waals surface area contributed by atoms with Crippen molar-refractivity contribution >= 4 is 5.69 Å². The molecule has 1 aromatic carbocycles. The Labute approximate surface area is 126 Å². The largest absolute Gasteiger partial charge is 0.393 e. The van der Waals surface area contributed by atoms with Crippen molar-refractivity contribution in [2.45, 2.75) is 53.1 Å². The van der Waals surface area contributed by atoms with E-state index in [0.29, 0.717) is 12.2 Å². The molecule has 0 aliphatic heterocycles. The zero-order chi connectivity index (χ0) is 15.8. The topological polar surface area (TPSA) is 52.9 Å². The van der Waals surface area contributed by atoms with E-state index in [2.05, 4.69) is 39.8 Å². The number of aromatic nitrogens is 2. The minimum Gasteiger partial charge on any atom is -0.393 e. The van der Waals surface area contributed by atoms with Gasteiger partial charge in [-0.2, -0.15) is 0 Å². The van der Waals surface area contributed by atoms with Crippen LogP contribution in [0.1, 0.15) is 44.5 Å². The molecule has 0 aliphatic rings. The zero-order valence-corrected chi connectivity index (χ0v) is 13.6. The van der Waals surface area contributed by atoms with Crippen molar-refractivity contribution < 1.29 is 0 Å². The molecular formula is C17H25N3O. The van der Waals surface area contributed by atoms with E-state index in [1.165, 1.54) is 5.56 Å². The highest BCUT2D eigenvalue weighted by Crippen LogP contribution is 2.26. The van der Waals surface area contributed by atoms with Crippen LogP contribution >= 0.6 is 0 Å². The quantitative estimate of drug-likeness (QED) is 0.943. The van der Waals surface area contributed by atoms with E-state index in [4.69, 9.17) is 5.73 Å². The van der Waals surface area contributed by atoms with Crippen molar-refractivity contribution in [2.24, 2.45) is 0 Å². The van der Waals surface area contributed by atoms with Crippen LogP contribution in [0.3, 0.4) is 0 Å². The highest BCUT2D eigenvalue weighted by atomic mass is 16.1. The van der Waals surface area contributed by atoms with Crippen molar-refractivity contribution in [3.05, 3.63) is 51.4 Å². The first-order valence-corrected chi connectivity index (χ1v) is 7.40. The molecular weight excluding hydrogens is 262 g/mol. The van der Waals surface area contributed by atoms with Crippen LogP contribution in [0.5, 0.6) is 0 Å². The van der Waals surface area contributed by atoms with Gasteiger partial charge < -0.3 is 5.73 Å². The molecule has 2 rings (SSSR count). The third-order valence-electron chi connectivity index (χ3n) is 3.69. The fourth-order valence-corrected chi connectivity index (χ4v) is 2.87. The normalized spacial score (nSPS) is 11.9. The molecule has 21 heavy (non-hydrogen) atoms. The summed E-state index contributed by atoms with van der Waals surface area (Å²) in [6.07, 6.45) is 0. The summed E-state index contributed by atoms with van der Waals surface area (Å²) in [6.45, 7) is 11.6. The monoisotopic (exact) mass is 287 g/mol. The Balaban J connectivity index is 2.57. The Hall–Kier alpha value is -1.97. The standard InChI is InChI=1S/C17H25N3O/c1-6-19-15(17(3,4)5)14(18)16(21)20(19)11-13-9-7-8-12(2)10-13/h7-10H,6,11,18H2,1-5H3. The first-order valence-electron chi connectivity index (χ1n) is 7.40. The number of anilines is 1. The summed E-state index contributed by atoms with van der Waals surface area (Å²) in [4.78, 5) is 12.5. The summed E-state index contributed by atoms with van der Waals surface area (Å²) in [7, 11) is 0. The third-order valence-corrected chi connectivity index (χ3v) is 3.69. The van der Waals surface area contributed by atoms with E-state index in [0.717, 1.165) is 17.8 Å². The Kier molecular flexibility index (Phi) is 3.99. The minimum absolute atomic E-state index is 0.0942. The molecule has 0 radical (unpaired) electrons. The molecule has 2 aromatic rings. The molecule has 0 spiro atoms. The Morgan fingerprint density at radius 3 is 2.38 bits per heavy atom. The molecule has 4 heteroatoms. The predicted molar refractivity (Wildman–Crippen MR) is 87.8 cm³/mol. The molecule has 0 atom stereocenters. The van der Waals surface area contributed by atoms with E-state index < -0.39 is 0 Å². The lowest BCUT2D eigenvalue weighted by Crippen LogP contribution is -2.26. The maximum Gasteiger partial charge on any atom is 0.290 e. The smallest absolute Gasteiger partial charge is 0.290 e. The van der Waals surface area contributed by atoms with Crippen LogP contribution in [0.2, 0.25) is 0 Å². The van der Waals surface area contributed by atoms with Gasteiger partial charge in [0.2, 0.25) is 0 Å². The number of aryl methyl sites for hydroxylation is 1. The third kappa shape index (κ3) is 2.89. The number of rotatable bonds is 3. The number of nitrogens with two attached hydrogens (primary N) is 1. The average Bonchev–Trinajstić information content (AvgIpc) is 2.62.